The standard InChI is InChI=1S/C15H18FNO4/c1-15(2,3)21-9-13(18)17-12-6-4-10(8-11(12)16)5-7-14(19)20/h4-8H,9H2,1-3H3,(H,17,18)(H,19,20)/b7-5+. The summed E-state index contributed by atoms with van der Waals surface area (Å²) in [6, 6.07) is 4.01. The number of ether oxygens (including phenoxy) is 1. The average molecular weight is 295 g/mol. The van der Waals surface area contributed by atoms with Crippen LogP contribution in [0.1, 0.15) is 26.3 Å². The Morgan fingerprint density at radius 2 is 2.05 bits per heavy atom. The number of carbonyl (C=O) groups excluding carboxylic acids is 1. The molecule has 0 radical (unpaired) electrons. The van der Waals surface area contributed by atoms with E-state index in [1.165, 1.54) is 18.2 Å². The Labute approximate surface area is 122 Å². The third-order valence-corrected chi connectivity index (χ3v) is 2.32. The molecule has 0 aliphatic heterocycles. The van der Waals surface area contributed by atoms with Gasteiger partial charge in [-0.3, -0.25) is 4.79 Å². The summed E-state index contributed by atoms with van der Waals surface area (Å²) in [5, 5.41) is 10.9. The summed E-state index contributed by atoms with van der Waals surface area (Å²) in [6.45, 7) is 5.25. The minimum Gasteiger partial charge on any atom is -0.478 e. The van der Waals surface area contributed by atoms with E-state index in [9.17, 15) is 14.0 Å². The molecule has 1 amide bonds. The Bertz CT molecular complexity index is 561. The number of carboxylic acids is 1. The van der Waals surface area contributed by atoms with Crippen LogP contribution in [0.25, 0.3) is 6.08 Å². The lowest BCUT2D eigenvalue weighted by atomic mass is 10.2. The predicted molar refractivity (Wildman–Crippen MR) is 77.4 cm³/mol. The van der Waals surface area contributed by atoms with Crippen molar-refractivity contribution in [3.05, 3.63) is 35.7 Å². The number of aliphatic carboxylic acids is 1. The van der Waals surface area contributed by atoms with Crippen molar-refractivity contribution in [3.8, 4) is 0 Å². The molecule has 0 unspecified atom stereocenters. The van der Waals surface area contributed by atoms with E-state index in [1.54, 1.807) is 0 Å². The number of halogens is 1. The lowest BCUT2D eigenvalue weighted by Gasteiger charge is -2.19. The molecule has 0 bridgehead atoms. The summed E-state index contributed by atoms with van der Waals surface area (Å²) < 4.78 is 19.1. The van der Waals surface area contributed by atoms with Crippen LogP contribution < -0.4 is 5.32 Å². The fraction of sp³-hybridized carbons (Fsp3) is 0.333. The van der Waals surface area contributed by atoms with Gasteiger partial charge < -0.3 is 15.2 Å². The fourth-order valence-electron chi connectivity index (χ4n) is 1.37. The molecule has 2 N–H and O–H groups in total. The molecular weight excluding hydrogens is 277 g/mol. The maximum absolute atomic E-state index is 13.8. The van der Waals surface area contributed by atoms with Crippen molar-refractivity contribution >= 4 is 23.6 Å². The molecule has 1 aromatic carbocycles. The Morgan fingerprint density at radius 1 is 1.38 bits per heavy atom. The van der Waals surface area contributed by atoms with Gasteiger partial charge in [-0.25, -0.2) is 9.18 Å². The zero-order valence-electron chi connectivity index (χ0n) is 12.1. The van der Waals surface area contributed by atoms with Gasteiger partial charge in [-0.05, 0) is 44.5 Å². The summed E-state index contributed by atoms with van der Waals surface area (Å²) in [7, 11) is 0. The van der Waals surface area contributed by atoms with Crippen LogP contribution >= 0.6 is 0 Å². The van der Waals surface area contributed by atoms with Crippen molar-refractivity contribution in [1.82, 2.24) is 0 Å². The number of nitrogens with one attached hydrogen (secondary N) is 1. The maximum Gasteiger partial charge on any atom is 0.328 e. The Balaban J connectivity index is 2.68. The topological polar surface area (TPSA) is 75.6 Å². The smallest absolute Gasteiger partial charge is 0.328 e. The third-order valence-electron chi connectivity index (χ3n) is 2.32. The number of carboxylic acid groups (broad SMARTS) is 1. The SMILES string of the molecule is CC(C)(C)OCC(=O)Nc1ccc(/C=C/C(=O)O)cc1F. The zero-order valence-corrected chi connectivity index (χ0v) is 12.1. The van der Waals surface area contributed by atoms with Gasteiger partial charge in [-0.2, -0.15) is 0 Å². The number of hydrogen-bond acceptors (Lipinski definition) is 3. The van der Waals surface area contributed by atoms with Gasteiger partial charge in [0.25, 0.3) is 0 Å². The quantitative estimate of drug-likeness (QED) is 0.819. The van der Waals surface area contributed by atoms with Crippen molar-refractivity contribution in [3.63, 3.8) is 0 Å². The second kappa shape index (κ2) is 6.99. The predicted octanol–water partition coefficient (Wildman–Crippen LogP) is 2.68. The zero-order chi connectivity index (χ0) is 16.0. The molecule has 0 atom stereocenters. The van der Waals surface area contributed by atoms with Crippen LogP contribution in [0.2, 0.25) is 0 Å². The van der Waals surface area contributed by atoms with Crippen molar-refractivity contribution in [1.29, 1.82) is 0 Å². The Hall–Kier alpha value is -2.21. The summed E-state index contributed by atoms with van der Waals surface area (Å²) in [4.78, 5) is 22.0. The largest absolute Gasteiger partial charge is 0.478 e. The lowest BCUT2D eigenvalue weighted by Crippen LogP contribution is -2.27. The first kappa shape index (κ1) is 16.8. The molecule has 1 aromatic rings. The van der Waals surface area contributed by atoms with Gasteiger partial charge in [-0.15, -0.1) is 0 Å². The highest BCUT2D eigenvalue weighted by atomic mass is 19.1. The van der Waals surface area contributed by atoms with Crippen LogP contribution in [0, 0.1) is 5.82 Å². The normalized spacial score (nSPS) is 11.6. The number of carbonyl (C=O) groups is 2. The van der Waals surface area contributed by atoms with E-state index in [0.717, 1.165) is 12.1 Å². The minimum atomic E-state index is -1.12. The summed E-state index contributed by atoms with van der Waals surface area (Å²) >= 11 is 0. The van der Waals surface area contributed by atoms with E-state index < -0.39 is 23.3 Å². The molecule has 6 heteroatoms. The van der Waals surface area contributed by atoms with Gasteiger partial charge in [0.15, 0.2) is 0 Å². The highest BCUT2D eigenvalue weighted by Crippen LogP contribution is 2.17. The molecular formula is C15H18FNO4. The van der Waals surface area contributed by atoms with Crippen molar-refractivity contribution in [2.75, 3.05) is 11.9 Å². The number of benzene rings is 1. The average Bonchev–Trinajstić information content (AvgIpc) is 2.36. The molecule has 0 aliphatic rings. The summed E-state index contributed by atoms with van der Waals surface area (Å²) in [5.41, 5.74) is -0.0507. The van der Waals surface area contributed by atoms with Crippen LogP contribution in [0.3, 0.4) is 0 Å². The molecule has 0 heterocycles. The number of anilines is 1. The minimum absolute atomic E-state index is 0.0185. The van der Waals surface area contributed by atoms with Gasteiger partial charge in [-0.1, -0.05) is 6.07 Å². The first-order chi connectivity index (χ1) is 9.67. The lowest BCUT2D eigenvalue weighted by molar-refractivity contribution is -0.131. The van der Waals surface area contributed by atoms with E-state index in [0.29, 0.717) is 5.56 Å². The van der Waals surface area contributed by atoms with Crippen LogP contribution in [0.5, 0.6) is 0 Å². The Morgan fingerprint density at radius 3 is 2.57 bits per heavy atom. The van der Waals surface area contributed by atoms with E-state index >= 15 is 0 Å². The second-order valence-corrected chi connectivity index (χ2v) is 5.36. The van der Waals surface area contributed by atoms with Crippen LogP contribution in [-0.2, 0) is 14.3 Å². The molecule has 114 valence electrons. The van der Waals surface area contributed by atoms with E-state index in [2.05, 4.69) is 5.32 Å². The van der Waals surface area contributed by atoms with E-state index in [4.69, 9.17) is 9.84 Å². The highest BCUT2D eigenvalue weighted by Gasteiger charge is 2.14. The molecule has 0 saturated heterocycles. The van der Waals surface area contributed by atoms with Crippen molar-refractivity contribution in [2.24, 2.45) is 0 Å². The molecule has 0 fully saturated rings. The highest BCUT2D eigenvalue weighted by molar-refractivity contribution is 5.92. The van der Waals surface area contributed by atoms with Crippen molar-refractivity contribution < 1.29 is 23.8 Å². The van der Waals surface area contributed by atoms with Crippen LogP contribution in [0.15, 0.2) is 24.3 Å². The second-order valence-electron chi connectivity index (χ2n) is 5.36. The summed E-state index contributed by atoms with van der Waals surface area (Å²) in [6.07, 6.45) is 2.17. The van der Waals surface area contributed by atoms with Gasteiger partial charge in [0.2, 0.25) is 5.91 Å². The number of hydrogen-bond donors (Lipinski definition) is 2. The molecule has 21 heavy (non-hydrogen) atoms. The van der Waals surface area contributed by atoms with E-state index in [1.807, 2.05) is 20.8 Å². The van der Waals surface area contributed by atoms with Crippen LogP contribution in [0.4, 0.5) is 10.1 Å². The number of rotatable bonds is 5. The van der Waals surface area contributed by atoms with E-state index in [-0.39, 0.29) is 12.3 Å². The monoisotopic (exact) mass is 295 g/mol. The third kappa shape index (κ3) is 6.67. The first-order valence-corrected chi connectivity index (χ1v) is 6.32. The molecule has 1 rings (SSSR count). The molecule has 0 spiro atoms. The molecule has 5 nitrogen and oxygen atoms in total. The maximum atomic E-state index is 13.8. The van der Waals surface area contributed by atoms with Crippen molar-refractivity contribution in [2.45, 2.75) is 26.4 Å². The van der Waals surface area contributed by atoms with Gasteiger partial charge in [0.1, 0.15) is 12.4 Å². The molecule has 0 aromatic heterocycles. The Kier molecular flexibility index (Phi) is 5.60. The fourth-order valence-corrected chi connectivity index (χ4v) is 1.37. The van der Waals surface area contributed by atoms with Crippen LogP contribution in [-0.4, -0.2) is 29.2 Å². The van der Waals surface area contributed by atoms with Gasteiger partial charge in [0.05, 0.1) is 11.3 Å². The number of amides is 1. The first-order valence-electron chi connectivity index (χ1n) is 6.32. The molecule has 0 aliphatic carbocycles. The summed E-state index contributed by atoms with van der Waals surface area (Å²) in [5.74, 6) is -2.23. The molecule has 0 saturated carbocycles. The van der Waals surface area contributed by atoms with Gasteiger partial charge >= 0.3 is 5.97 Å². The van der Waals surface area contributed by atoms with Gasteiger partial charge in [0, 0.05) is 6.08 Å².